The van der Waals surface area contributed by atoms with Crippen molar-refractivity contribution >= 4 is 23.6 Å². The highest BCUT2D eigenvalue weighted by atomic mass is 19.4. The van der Waals surface area contributed by atoms with Gasteiger partial charge in [-0.3, -0.25) is 9.89 Å². The monoisotopic (exact) mass is 603 g/mol. The average molecular weight is 603 g/mol. The van der Waals surface area contributed by atoms with Gasteiger partial charge in [0.2, 0.25) is 0 Å². The van der Waals surface area contributed by atoms with Gasteiger partial charge in [-0.1, -0.05) is 0 Å². The number of nitrogens with two attached hydrogens (primary N) is 1. The van der Waals surface area contributed by atoms with Crippen LogP contribution < -0.4 is 15.4 Å². The highest BCUT2D eigenvalue weighted by Gasteiger charge is 2.48. The van der Waals surface area contributed by atoms with Crippen LogP contribution in [0.5, 0.6) is 5.75 Å². The summed E-state index contributed by atoms with van der Waals surface area (Å²) in [5.41, 5.74) is -2.44. The predicted molar refractivity (Wildman–Crippen MR) is 129 cm³/mol. The third kappa shape index (κ3) is 8.58. The summed E-state index contributed by atoms with van der Waals surface area (Å²) < 4.78 is 144. The molecule has 16 heteroatoms. The molecule has 0 unspecified atom stereocenters. The first kappa shape index (κ1) is 33.4. The SMILES string of the molecule is CN(C(=O)Oc1c(C(C=NCCOC(C)(C)C(F)(F)F)=CN)cc(C(F)(F)F)cc1C(F)(F)F)c1ccc(F)cc1. The van der Waals surface area contributed by atoms with Crippen LogP contribution in [0.3, 0.4) is 0 Å². The molecule has 0 radical (unpaired) electrons. The van der Waals surface area contributed by atoms with Gasteiger partial charge >= 0.3 is 24.6 Å². The van der Waals surface area contributed by atoms with Crippen molar-refractivity contribution in [1.82, 2.24) is 0 Å². The van der Waals surface area contributed by atoms with E-state index in [-0.39, 0.29) is 17.8 Å². The summed E-state index contributed by atoms with van der Waals surface area (Å²) in [6, 6.07) is 4.04. The van der Waals surface area contributed by atoms with Crippen molar-refractivity contribution in [2.75, 3.05) is 25.1 Å². The van der Waals surface area contributed by atoms with E-state index in [1.54, 1.807) is 0 Å². The van der Waals surface area contributed by atoms with Crippen LogP contribution >= 0.6 is 0 Å². The van der Waals surface area contributed by atoms with Gasteiger partial charge in [0.05, 0.1) is 24.3 Å². The Labute approximate surface area is 227 Å². The molecule has 2 N–H and O–H groups in total. The number of carbonyl (C=O) groups excluding carboxylic acids is 1. The molecule has 0 fully saturated rings. The summed E-state index contributed by atoms with van der Waals surface area (Å²) >= 11 is 0. The van der Waals surface area contributed by atoms with E-state index >= 15 is 0 Å². The van der Waals surface area contributed by atoms with E-state index < -0.39 is 77.2 Å². The van der Waals surface area contributed by atoms with Gasteiger partial charge in [-0.25, -0.2) is 9.18 Å². The Morgan fingerprint density at radius 1 is 0.976 bits per heavy atom. The molecule has 0 bridgehead atoms. The van der Waals surface area contributed by atoms with Crippen LogP contribution in [-0.2, 0) is 17.1 Å². The Morgan fingerprint density at radius 3 is 2.05 bits per heavy atom. The normalized spacial score (nSPS) is 13.5. The first-order chi connectivity index (χ1) is 18.7. The van der Waals surface area contributed by atoms with Crippen LogP contribution in [0.1, 0.15) is 30.5 Å². The highest BCUT2D eigenvalue weighted by Crippen LogP contribution is 2.44. The molecule has 2 aromatic carbocycles. The molecular weight excluding hydrogens is 580 g/mol. The molecular formula is C25H23F10N3O3. The van der Waals surface area contributed by atoms with Gasteiger partial charge in [0.25, 0.3) is 0 Å². The number of allylic oxidation sites excluding steroid dienone is 1. The Bertz CT molecular complexity index is 1280. The number of hydrogen-bond donors (Lipinski definition) is 1. The van der Waals surface area contributed by atoms with Crippen molar-refractivity contribution in [3.05, 3.63) is 65.1 Å². The molecule has 0 aliphatic carbocycles. The first-order valence-corrected chi connectivity index (χ1v) is 11.4. The standard InChI is InChI=1S/C25H23F10N3O3/c1-22(2,25(33,34)35)40-9-8-37-13-14(12-36)18-10-15(23(27,28)29)11-19(24(30,31)32)20(18)41-21(39)38(3)17-6-4-16(26)5-7-17/h4-7,10-13H,8-9,36H2,1-3H3. The van der Waals surface area contributed by atoms with Crippen molar-refractivity contribution in [3.8, 4) is 5.75 Å². The molecule has 226 valence electrons. The fourth-order valence-electron chi connectivity index (χ4n) is 3.05. The minimum atomic E-state index is -5.46. The van der Waals surface area contributed by atoms with Crippen LogP contribution in [-0.4, -0.2) is 44.3 Å². The van der Waals surface area contributed by atoms with E-state index in [1.807, 2.05) is 0 Å². The minimum absolute atomic E-state index is 0.0312. The number of amides is 1. The molecule has 0 aromatic heterocycles. The maximum Gasteiger partial charge on any atom is 0.420 e. The van der Waals surface area contributed by atoms with E-state index in [9.17, 15) is 48.7 Å². The molecule has 2 rings (SSSR count). The number of rotatable bonds is 8. The lowest BCUT2D eigenvalue weighted by atomic mass is 9.98. The summed E-state index contributed by atoms with van der Waals surface area (Å²) in [4.78, 5) is 17.1. The van der Waals surface area contributed by atoms with E-state index in [0.717, 1.165) is 45.2 Å². The van der Waals surface area contributed by atoms with Gasteiger partial charge in [0.15, 0.2) is 11.4 Å². The van der Waals surface area contributed by atoms with Gasteiger partial charge < -0.3 is 15.2 Å². The Balaban J connectivity index is 2.53. The lowest BCUT2D eigenvalue weighted by Crippen LogP contribution is -2.42. The minimum Gasteiger partial charge on any atom is -0.409 e. The summed E-state index contributed by atoms with van der Waals surface area (Å²) in [6.07, 6.45) is -15.7. The van der Waals surface area contributed by atoms with Gasteiger partial charge in [0.1, 0.15) is 5.82 Å². The number of alkyl halides is 9. The third-order valence-electron chi connectivity index (χ3n) is 5.49. The Hall–Kier alpha value is -3.82. The molecule has 0 saturated carbocycles. The molecule has 0 spiro atoms. The molecule has 0 atom stereocenters. The second-order valence-corrected chi connectivity index (χ2v) is 8.81. The number of hydrogen-bond acceptors (Lipinski definition) is 5. The van der Waals surface area contributed by atoms with Crippen molar-refractivity contribution in [2.45, 2.75) is 38.0 Å². The zero-order valence-electron chi connectivity index (χ0n) is 21.5. The number of benzene rings is 2. The molecule has 0 aliphatic heterocycles. The van der Waals surface area contributed by atoms with Crippen LogP contribution in [0, 0.1) is 5.82 Å². The fraction of sp³-hybridized carbons (Fsp3) is 0.360. The summed E-state index contributed by atoms with van der Waals surface area (Å²) in [5, 5.41) is 0. The van der Waals surface area contributed by atoms with Gasteiger partial charge in [0, 0.05) is 36.3 Å². The summed E-state index contributed by atoms with van der Waals surface area (Å²) in [7, 11) is 1.05. The summed E-state index contributed by atoms with van der Waals surface area (Å²) in [6.45, 7) is 0.367. The molecule has 0 saturated heterocycles. The Morgan fingerprint density at radius 2 is 1.56 bits per heavy atom. The molecule has 0 aliphatic rings. The van der Waals surface area contributed by atoms with Gasteiger partial charge in [-0.15, -0.1) is 0 Å². The smallest absolute Gasteiger partial charge is 0.409 e. The van der Waals surface area contributed by atoms with Gasteiger partial charge in [-0.05, 0) is 50.2 Å². The molecule has 2 aromatic rings. The van der Waals surface area contributed by atoms with E-state index in [0.29, 0.717) is 17.3 Å². The quantitative estimate of drug-likeness (QED) is 0.196. The van der Waals surface area contributed by atoms with Crippen molar-refractivity contribution < 1.29 is 58.2 Å². The Kier molecular flexibility index (Phi) is 10.1. The molecule has 41 heavy (non-hydrogen) atoms. The maximum atomic E-state index is 13.9. The summed E-state index contributed by atoms with van der Waals surface area (Å²) in [5.74, 6) is -2.05. The first-order valence-electron chi connectivity index (χ1n) is 11.4. The number of anilines is 1. The van der Waals surface area contributed by atoms with Crippen LogP contribution in [0.25, 0.3) is 5.57 Å². The van der Waals surface area contributed by atoms with Crippen LogP contribution in [0.4, 0.5) is 54.4 Å². The number of nitrogens with zero attached hydrogens (tertiary/aromatic N) is 2. The second-order valence-electron chi connectivity index (χ2n) is 8.81. The zero-order chi connectivity index (χ0) is 31.4. The van der Waals surface area contributed by atoms with E-state index in [1.165, 1.54) is 0 Å². The van der Waals surface area contributed by atoms with Crippen LogP contribution in [0.2, 0.25) is 0 Å². The van der Waals surface area contributed by atoms with E-state index in [2.05, 4.69) is 4.99 Å². The van der Waals surface area contributed by atoms with E-state index in [4.69, 9.17) is 15.2 Å². The average Bonchev–Trinajstić information content (AvgIpc) is 2.84. The fourth-order valence-corrected chi connectivity index (χ4v) is 3.05. The number of halogens is 10. The third-order valence-corrected chi connectivity index (χ3v) is 5.49. The van der Waals surface area contributed by atoms with Crippen molar-refractivity contribution in [3.63, 3.8) is 0 Å². The highest BCUT2D eigenvalue weighted by molar-refractivity contribution is 6.11. The topological polar surface area (TPSA) is 77.2 Å². The zero-order valence-corrected chi connectivity index (χ0v) is 21.5. The van der Waals surface area contributed by atoms with Crippen molar-refractivity contribution in [2.24, 2.45) is 10.7 Å². The largest absolute Gasteiger partial charge is 0.420 e. The van der Waals surface area contributed by atoms with Crippen molar-refractivity contribution in [1.29, 1.82) is 0 Å². The lowest BCUT2D eigenvalue weighted by Gasteiger charge is -2.27. The molecule has 6 nitrogen and oxygen atoms in total. The van der Waals surface area contributed by atoms with Gasteiger partial charge in [-0.2, -0.15) is 39.5 Å². The lowest BCUT2D eigenvalue weighted by molar-refractivity contribution is -0.262. The number of ether oxygens (including phenoxy) is 2. The molecule has 1 amide bonds. The van der Waals surface area contributed by atoms with Crippen LogP contribution in [0.15, 0.2) is 47.6 Å². The number of carbonyl (C=O) groups is 1. The predicted octanol–water partition coefficient (Wildman–Crippen LogP) is 7.23. The maximum absolute atomic E-state index is 13.9. The molecule has 0 heterocycles. The second kappa shape index (κ2) is 12.4. The number of aliphatic imine (C=N–C) groups is 1.